The van der Waals surface area contributed by atoms with Crippen LogP contribution in [0.3, 0.4) is 0 Å². The van der Waals surface area contributed by atoms with E-state index in [-0.39, 0.29) is 0 Å². The highest BCUT2D eigenvalue weighted by atomic mass is 16.5. The van der Waals surface area contributed by atoms with Crippen molar-refractivity contribution < 1.29 is 4.74 Å². The van der Waals surface area contributed by atoms with Crippen molar-refractivity contribution in [1.82, 2.24) is 15.0 Å². The van der Waals surface area contributed by atoms with Crippen LogP contribution < -0.4 is 16.0 Å². The number of fused-ring (bicyclic) bond motifs is 1. The highest BCUT2D eigenvalue weighted by molar-refractivity contribution is 5.47. The lowest BCUT2D eigenvalue weighted by molar-refractivity contribution is 0.397. The summed E-state index contributed by atoms with van der Waals surface area (Å²) in [7, 11) is 1.60. The third kappa shape index (κ3) is 2.95. The van der Waals surface area contributed by atoms with Gasteiger partial charge in [-0.3, -0.25) is 0 Å². The van der Waals surface area contributed by atoms with Crippen molar-refractivity contribution >= 4 is 5.82 Å². The number of hydrogen-bond acceptors (Lipinski definition) is 6. The lowest BCUT2D eigenvalue weighted by atomic mass is 9.96. The smallest absolute Gasteiger partial charge is 0.212 e. The maximum atomic E-state index is 5.60. The highest BCUT2D eigenvalue weighted by Gasteiger charge is 2.17. The van der Waals surface area contributed by atoms with Crippen LogP contribution in [0.2, 0.25) is 0 Å². The molecule has 0 aliphatic heterocycles. The number of hydrogen-bond donors (Lipinski definition) is 2. The van der Waals surface area contributed by atoms with Crippen LogP contribution in [0.15, 0.2) is 18.3 Å². The van der Waals surface area contributed by atoms with Gasteiger partial charge in [0.25, 0.3) is 0 Å². The zero-order valence-electron chi connectivity index (χ0n) is 12.1. The van der Waals surface area contributed by atoms with Gasteiger partial charge in [0, 0.05) is 29.9 Å². The molecule has 0 bridgehead atoms. The molecule has 0 atom stereocenters. The first-order valence-electron chi connectivity index (χ1n) is 7.14. The van der Waals surface area contributed by atoms with Crippen molar-refractivity contribution in [3.63, 3.8) is 0 Å². The Balaban J connectivity index is 1.87. The fourth-order valence-electron chi connectivity index (χ4n) is 2.66. The van der Waals surface area contributed by atoms with E-state index >= 15 is 0 Å². The third-order valence-electron chi connectivity index (χ3n) is 3.74. The van der Waals surface area contributed by atoms with Gasteiger partial charge in [0.1, 0.15) is 11.6 Å². The molecule has 1 aliphatic rings. The van der Waals surface area contributed by atoms with E-state index in [0.717, 1.165) is 35.7 Å². The maximum absolute atomic E-state index is 5.60. The van der Waals surface area contributed by atoms with E-state index < -0.39 is 0 Å². The second kappa shape index (κ2) is 6.05. The van der Waals surface area contributed by atoms with Crippen LogP contribution in [0, 0.1) is 0 Å². The topological polar surface area (TPSA) is 86.0 Å². The Kier molecular flexibility index (Phi) is 3.96. The number of nitrogens with zero attached hydrogens (tertiary/aromatic N) is 3. The molecule has 110 valence electrons. The molecule has 0 amide bonds. The predicted octanol–water partition coefficient (Wildman–Crippen LogP) is 1.64. The second-order valence-electron chi connectivity index (χ2n) is 5.15. The molecule has 0 unspecified atom stereocenters. The molecule has 3 rings (SSSR count). The molecule has 0 aromatic carbocycles. The fraction of sp³-hybridized carbons (Fsp3) is 0.400. The van der Waals surface area contributed by atoms with Crippen LogP contribution in [0.25, 0.3) is 0 Å². The number of ether oxygens (including phenoxy) is 1. The summed E-state index contributed by atoms with van der Waals surface area (Å²) in [6.45, 7) is 0. The lowest BCUT2D eigenvalue weighted by Crippen LogP contribution is -2.18. The van der Waals surface area contributed by atoms with E-state index in [4.69, 9.17) is 15.6 Å². The van der Waals surface area contributed by atoms with Crippen molar-refractivity contribution in [3.05, 3.63) is 41.0 Å². The Labute approximate surface area is 123 Å². The summed E-state index contributed by atoms with van der Waals surface area (Å²) < 4.78 is 5.06. The second-order valence-corrected chi connectivity index (χ2v) is 5.15. The Morgan fingerprint density at radius 2 is 2.10 bits per heavy atom. The molecule has 6 nitrogen and oxygen atoms in total. The summed E-state index contributed by atoms with van der Waals surface area (Å²) in [5.74, 6) is 7.74. The van der Waals surface area contributed by atoms with Gasteiger partial charge in [0.2, 0.25) is 5.88 Å². The molecule has 0 radical (unpaired) electrons. The molecular weight excluding hydrogens is 266 g/mol. The minimum absolute atomic E-state index is 0.606. The van der Waals surface area contributed by atoms with Crippen LogP contribution in [0.4, 0.5) is 5.82 Å². The number of methoxy groups -OCH3 is 1. The van der Waals surface area contributed by atoms with Crippen LogP contribution in [0.5, 0.6) is 5.88 Å². The van der Waals surface area contributed by atoms with Gasteiger partial charge in [0.15, 0.2) is 0 Å². The molecular formula is C15H19N5O. The standard InChI is InChI=1S/C15H19N5O/c1-21-14-7-6-10(9-17-14)8-13-18-12-5-3-2-4-11(12)15(19-13)20-16/h6-7,9H,2-5,8,16H2,1H3,(H,18,19,20). The molecule has 0 saturated heterocycles. The number of pyridine rings is 1. The van der Waals surface area contributed by atoms with Crippen molar-refractivity contribution in [2.24, 2.45) is 5.84 Å². The molecule has 0 spiro atoms. The van der Waals surface area contributed by atoms with Crippen LogP contribution in [-0.4, -0.2) is 22.1 Å². The van der Waals surface area contributed by atoms with Gasteiger partial charge in [-0.05, 0) is 31.2 Å². The number of aryl methyl sites for hydroxylation is 1. The SMILES string of the molecule is COc1ccc(Cc2nc3c(c(NN)n2)CCCC3)cn1. The summed E-state index contributed by atoms with van der Waals surface area (Å²) in [5, 5.41) is 0. The largest absolute Gasteiger partial charge is 0.481 e. The molecule has 2 aromatic rings. The first kappa shape index (κ1) is 13.8. The van der Waals surface area contributed by atoms with Gasteiger partial charge in [-0.15, -0.1) is 0 Å². The summed E-state index contributed by atoms with van der Waals surface area (Å²) >= 11 is 0. The van der Waals surface area contributed by atoms with Crippen LogP contribution >= 0.6 is 0 Å². The van der Waals surface area contributed by atoms with E-state index in [9.17, 15) is 0 Å². The maximum Gasteiger partial charge on any atom is 0.212 e. The highest BCUT2D eigenvalue weighted by Crippen LogP contribution is 2.25. The number of hydrazine groups is 1. The minimum atomic E-state index is 0.606. The first-order chi connectivity index (χ1) is 10.3. The molecule has 2 heterocycles. The summed E-state index contributed by atoms with van der Waals surface area (Å²) in [4.78, 5) is 13.4. The normalized spacial score (nSPS) is 13.6. The molecule has 3 N–H and O–H groups in total. The molecule has 2 aromatic heterocycles. The van der Waals surface area contributed by atoms with E-state index in [1.165, 1.54) is 18.4 Å². The van der Waals surface area contributed by atoms with Crippen LogP contribution in [-0.2, 0) is 19.3 Å². The average molecular weight is 285 g/mol. The van der Waals surface area contributed by atoms with Crippen LogP contribution in [0.1, 0.15) is 35.5 Å². The Bertz CT molecular complexity index is 609. The van der Waals surface area contributed by atoms with Crippen molar-refractivity contribution in [2.45, 2.75) is 32.1 Å². The Morgan fingerprint density at radius 1 is 1.24 bits per heavy atom. The number of aromatic nitrogens is 3. The average Bonchev–Trinajstić information content (AvgIpc) is 2.55. The quantitative estimate of drug-likeness (QED) is 0.656. The molecule has 0 fully saturated rings. The lowest BCUT2D eigenvalue weighted by Gasteiger charge is -2.18. The van der Waals surface area contributed by atoms with E-state index in [2.05, 4.69) is 15.4 Å². The zero-order valence-corrected chi connectivity index (χ0v) is 12.1. The number of nitrogens with two attached hydrogens (primary N) is 1. The van der Waals surface area contributed by atoms with Gasteiger partial charge in [-0.2, -0.15) is 0 Å². The van der Waals surface area contributed by atoms with E-state index in [0.29, 0.717) is 12.3 Å². The van der Waals surface area contributed by atoms with Gasteiger partial charge in [-0.25, -0.2) is 20.8 Å². The van der Waals surface area contributed by atoms with Gasteiger partial charge in [-0.1, -0.05) is 6.07 Å². The third-order valence-corrected chi connectivity index (χ3v) is 3.74. The number of nitrogens with one attached hydrogen (secondary N) is 1. The van der Waals surface area contributed by atoms with Gasteiger partial charge < -0.3 is 10.2 Å². The summed E-state index contributed by atoms with van der Waals surface area (Å²) in [6, 6.07) is 3.82. The predicted molar refractivity (Wildman–Crippen MR) is 80.1 cm³/mol. The van der Waals surface area contributed by atoms with E-state index in [1.54, 1.807) is 13.3 Å². The van der Waals surface area contributed by atoms with Crippen molar-refractivity contribution in [2.75, 3.05) is 12.5 Å². The summed E-state index contributed by atoms with van der Waals surface area (Å²) in [6.07, 6.45) is 6.78. The van der Waals surface area contributed by atoms with Crippen molar-refractivity contribution in [3.8, 4) is 5.88 Å². The minimum Gasteiger partial charge on any atom is -0.481 e. The monoisotopic (exact) mass is 285 g/mol. The number of anilines is 1. The Morgan fingerprint density at radius 3 is 2.81 bits per heavy atom. The molecule has 0 saturated carbocycles. The summed E-state index contributed by atoms with van der Waals surface area (Å²) in [5.41, 5.74) is 6.06. The molecule has 6 heteroatoms. The van der Waals surface area contributed by atoms with Gasteiger partial charge in [0.05, 0.1) is 7.11 Å². The van der Waals surface area contributed by atoms with Crippen molar-refractivity contribution in [1.29, 1.82) is 0 Å². The number of nitrogen functional groups attached to an aromatic ring is 1. The zero-order chi connectivity index (χ0) is 14.7. The Hall–Kier alpha value is -2.21. The molecule has 1 aliphatic carbocycles. The first-order valence-corrected chi connectivity index (χ1v) is 7.14. The van der Waals surface area contributed by atoms with E-state index in [1.807, 2.05) is 12.1 Å². The molecule has 21 heavy (non-hydrogen) atoms. The van der Waals surface area contributed by atoms with Gasteiger partial charge >= 0.3 is 0 Å². The fourth-order valence-corrected chi connectivity index (χ4v) is 2.66. The number of rotatable bonds is 4.